The molecule has 1 amide bonds. The Kier molecular flexibility index (Phi) is 3.80. The first-order valence-corrected chi connectivity index (χ1v) is 6.08. The minimum Gasteiger partial charge on any atom is -0.396 e. The SMILES string of the molecule is Nc1cc(F)cc(C(=O)Nc2ccc(Br)cc2)c1F. The molecule has 0 saturated carbocycles. The normalized spacial score (nSPS) is 10.3. The number of hydrogen-bond donors (Lipinski definition) is 2. The van der Waals surface area contributed by atoms with Gasteiger partial charge in [0.1, 0.15) is 5.82 Å². The minimum absolute atomic E-state index is 0.402. The number of nitrogens with two attached hydrogens (primary N) is 1. The number of halogens is 3. The molecule has 98 valence electrons. The van der Waals surface area contributed by atoms with Crippen LogP contribution in [0.2, 0.25) is 0 Å². The summed E-state index contributed by atoms with van der Waals surface area (Å²) in [6.07, 6.45) is 0. The number of anilines is 2. The lowest BCUT2D eigenvalue weighted by molar-refractivity contribution is 0.102. The molecule has 0 fully saturated rings. The Morgan fingerprint density at radius 2 is 1.79 bits per heavy atom. The van der Waals surface area contributed by atoms with Crippen LogP contribution in [-0.2, 0) is 0 Å². The number of nitrogen functional groups attached to an aromatic ring is 1. The Morgan fingerprint density at radius 1 is 1.16 bits per heavy atom. The van der Waals surface area contributed by atoms with Crippen LogP contribution in [0.3, 0.4) is 0 Å². The highest BCUT2D eigenvalue weighted by Gasteiger charge is 2.16. The summed E-state index contributed by atoms with van der Waals surface area (Å²) in [7, 11) is 0. The van der Waals surface area contributed by atoms with Gasteiger partial charge in [0.05, 0.1) is 11.3 Å². The highest BCUT2D eigenvalue weighted by atomic mass is 79.9. The minimum atomic E-state index is -0.934. The molecule has 0 spiro atoms. The number of amides is 1. The molecule has 0 aliphatic heterocycles. The van der Waals surface area contributed by atoms with Crippen LogP contribution in [-0.4, -0.2) is 5.91 Å². The molecule has 2 aromatic rings. The monoisotopic (exact) mass is 326 g/mol. The van der Waals surface area contributed by atoms with E-state index in [0.29, 0.717) is 5.69 Å². The number of carbonyl (C=O) groups is 1. The molecule has 0 unspecified atom stereocenters. The predicted molar refractivity (Wildman–Crippen MR) is 72.9 cm³/mol. The Morgan fingerprint density at radius 3 is 2.42 bits per heavy atom. The third-order valence-electron chi connectivity index (χ3n) is 2.41. The zero-order valence-corrected chi connectivity index (χ0v) is 11.2. The van der Waals surface area contributed by atoms with E-state index < -0.39 is 28.8 Å². The van der Waals surface area contributed by atoms with Crippen molar-refractivity contribution in [1.29, 1.82) is 0 Å². The van der Waals surface area contributed by atoms with Gasteiger partial charge < -0.3 is 11.1 Å². The molecular weight excluding hydrogens is 318 g/mol. The maximum absolute atomic E-state index is 13.6. The maximum atomic E-state index is 13.6. The molecule has 6 heteroatoms. The fraction of sp³-hybridized carbons (Fsp3) is 0. The highest BCUT2D eigenvalue weighted by Crippen LogP contribution is 2.20. The van der Waals surface area contributed by atoms with Crippen molar-refractivity contribution in [1.82, 2.24) is 0 Å². The molecule has 3 N–H and O–H groups in total. The van der Waals surface area contributed by atoms with Crippen molar-refractivity contribution in [3.05, 3.63) is 58.1 Å². The van der Waals surface area contributed by atoms with Crippen LogP contribution in [0, 0.1) is 11.6 Å². The molecule has 19 heavy (non-hydrogen) atoms. The second-order valence-corrected chi connectivity index (χ2v) is 4.73. The van der Waals surface area contributed by atoms with Crippen LogP contribution in [0.4, 0.5) is 20.2 Å². The van der Waals surface area contributed by atoms with Gasteiger partial charge in [-0.2, -0.15) is 0 Å². The molecule has 0 bridgehead atoms. The van der Waals surface area contributed by atoms with E-state index >= 15 is 0 Å². The van der Waals surface area contributed by atoms with Gasteiger partial charge in [0.15, 0.2) is 5.82 Å². The molecule has 0 aromatic heterocycles. The fourth-order valence-corrected chi connectivity index (χ4v) is 1.77. The standard InChI is InChI=1S/C13H9BrF2N2O/c14-7-1-3-9(4-2-7)18-13(19)10-5-8(15)6-11(17)12(10)16/h1-6H,17H2,(H,18,19). The summed E-state index contributed by atoms with van der Waals surface area (Å²) < 4.78 is 27.6. The van der Waals surface area contributed by atoms with Crippen molar-refractivity contribution in [2.45, 2.75) is 0 Å². The molecule has 0 aliphatic carbocycles. The molecule has 0 atom stereocenters. The third kappa shape index (κ3) is 3.08. The molecule has 2 rings (SSSR count). The third-order valence-corrected chi connectivity index (χ3v) is 2.94. The summed E-state index contributed by atoms with van der Waals surface area (Å²) in [5.41, 5.74) is 4.91. The summed E-state index contributed by atoms with van der Waals surface area (Å²) in [6, 6.07) is 8.31. The van der Waals surface area contributed by atoms with Gasteiger partial charge in [-0.3, -0.25) is 4.79 Å². The molecule has 0 aliphatic rings. The first kappa shape index (κ1) is 13.5. The van der Waals surface area contributed by atoms with E-state index in [9.17, 15) is 13.6 Å². The lowest BCUT2D eigenvalue weighted by Gasteiger charge is -2.08. The largest absolute Gasteiger partial charge is 0.396 e. The van der Waals surface area contributed by atoms with E-state index in [1.807, 2.05) is 0 Å². The first-order chi connectivity index (χ1) is 8.97. The lowest BCUT2D eigenvalue weighted by atomic mass is 10.1. The Hall–Kier alpha value is -1.95. The van der Waals surface area contributed by atoms with E-state index in [4.69, 9.17) is 5.73 Å². The zero-order valence-electron chi connectivity index (χ0n) is 9.58. The Labute approximate surface area is 116 Å². The number of rotatable bonds is 2. The highest BCUT2D eigenvalue weighted by molar-refractivity contribution is 9.10. The summed E-state index contributed by atoms with van der Waals surface area (Å²) in [5.74, 6) is -2.46. The van der Waals surface area contributed by atoms with E-state index in [-0.39, 0.29) is 0 Å². The second kappa shape index (κ2) is 5.36. The summed E-state index contributed by atoms with van der Waals surface area (Å²) in [4.78, 5) is 11.8. The molecule has 3 nitrogen and oxygen atoms in total. The van der Waals surface area contributed by atoms with Crippen molar-refractivity contribution in [3.63, 3.8) is 0 Å². The number of hydrogen-bond acceptors (Lipinski definition) is 2. The predicted octanol–water partition coefficient (Wildman–Crippen LogP) is 3.56. The topological polar surface area (TPSA) is 55.1 Å². The molecule has 0 heterocycles. The maximum Gasteiger partial charge on any atom is 0.258 e. The quantitative estimate of drug-likeness (QED) is 0.829. The van der Waals surface area contributed by atoms with Gasteiger partial charge in [-0.25, -0.2) is 8.78 Å². The van der Waals surface area contributed by atoms with Crippen LogP contribution < -0.4 is 11.1 Å². The number of nitrogens with one attached hydrogen (secondary N) is 1. The first-order valence-electron chi connectivity index (χ1n) is 5.29. The van der Waals surface area contributed by atoms with Crippen molar-refractivity contribution in [2.75, 3.05) is 11.1 Å². The molecule has 0 saturated heterocycles. The van der Waals surface area contributed by atoms with Crippen LogP contribution in [0.25, 0.3) is 0 Å². The molecule has 2 aromatic carbocycles. The molecule has 0 radical (unpaired) electrons. The van der Waals surface area contributed by atoms with Crippen molar-refractivity contribution >= 4 is 33.2 Å². The van der Waals surface area contributed by atoms with E-state index in [1.165, 1.54) is 0 Å². The van der Waals surface area contributed by atoms with Gasteiger partial charge >= 0.3 is 0 Å². The zero-order chi connectivity index (χ0) is 14.0. The van der Waals surface area contributed by atoms with Crippen LogP contribution in [0.5, 0.6) is 0 Å². The number of carbonyl (C=O) groups excluding carboxylic acids is 1. The van der Waals surface area contributed by atoms with Crippen molar-refractivity contribution in [3.8, 4) is 0 Å². The average Bonchev–Trinajstić information content (AvgIpc) is 2.36. The summed E-state index contributed by atoms with van der Waals surface area (Å²) in [5, 5.41) is 2.46. The summed E-state index contributed by atoms with van der Waals surface area (Å²) >= 11 is 3.25. The number of benzene rings is 2. The van der Waals surface area contributed by atoms with E-state index in [2.05, 4.69) is 21.2 Å². The van der Waals surface area contributed by atoms with Crippen molar-refractivity contribution < 1.29 is 13.6 Å². The fourth-order valence-electron chi connectivity index (χ4n) is 1.51. The van der Waals surface area contributed by atoms with Gasteiger partial charge in [-0.05, 0) is 36.4 Å². The van der Waals surface area contributed by atoms with E-state index in [1.54, 1.807) is 24.3 Å². The van der Waals surface area contributed by atoms with Gasteiger partial charge in [-0.1, -0.05) is 15.9 Å². The summed E-state index contributed by atoms with van der Waals surface area (Å²) in [6.45, 7) is 0. The Balaban J connectivity index is 2.27. The van der Waals surface area contributed by atoms with Gasteiger partial charge in [0.2, 0.25) is 0 Å². The Bertz CT molecular complexity index is 629. The molecular formula is C13H9BrF2N2O. The average molecular weight is 327 g/mol. The smallest absolute Gasteiger partial charge is 0.258 e. The van der Waals surface area contributed by atoms with Crippen LogP contribution in [0.1, 0.15) is 10.4 Å². The van der Waals surface area contributed by atoms with Gasteiger partial charge in [-0.15, -0.1) is 0 Å². The second-order valence-electron chi connectivity index (χ2n) is 3.82. The van der Waals surface area contributed by atoms with Crippen molar-refractivity contribution in [2.24, 2.45) is 0 Å². The van der Waals surface area contributed by atoms with Crippen LogP contribution in [0.15, 0.2) is 40.9 Å². The van der Waals surface area contributed by atoms with Gasteiger partial charge in [0, 0.05) is 10.2 Å². The van der Waals surface area contributed by atoms with Gasteiger partial charge in [0.25, 0.3) is 5.91 Å². The van der Waals surface area contributed by atoms with E-state index in [0.717, 1.165) is 16.6 Å². The lowest BCUT2D eigenvalue weighted by Crippen LogP contribution is -2.15. The van der Waals surface area contributed by atoms with Crippen LogP contribution >= 0.6 is 15.9 Å².